The fraction of sp³-hybridized carbons (Fsp3) is 0.389. The summed E-state index contributed by atoms with van der Waals surface area (Å²) in [4.78, 5) is 24.7. The lowest BCUT2D eigenvalue weighted by atomic mass is 10.3. The van der Waals surface area contributed by atoms with E-state index in [1.165, 1.54) is 0 Å². The summed E-state index contributed by atoms with van der Waals surface area (Å²) in [6.07, 6.45) is 2.74. The van der Waals surface area contributed by atoms with E-state index in [-0.39, 0.29) is 5.56 Å². The van der Waals surface area contributed by atoms with Crippen molar-refractivity contribution in [3.63, 3.8) is 0 Å². The van der Waals surface area contributed by atoms with Crippen molar-refractivity contribution in [1.82, 2.24) is 24.6 Å². The summed E-state index contributed by atoms with van der Waals surface area (Å²) < 4.78 is 1.72. The Kier molecular flexibility index (Phi) is 4.23. The minimum atomic E-state index is -0.141. The van der Waals surface area contributed by atoms with Crippen LogP contribution in [0.25, 0.3) is 16.7 Å². The second kappa shape index (κ2) is 6.68. The predicted octanol–water partition coefficient (Wildman–Crippen LogP) is 1.64. The average molecular weight is 338 g/mol. The molecular formula is C18H22N6O. The lowest BCUT2D eigenvalue weighted by Gasteiger charge is -2.34. The van der Waals surface area contributed by atoms with E-state index in [1.54, 1.807) is 10.9 Å². The highest BCUT2D eigenvalue weighted by Gasteiger charge is 2.20. The molecule has 2 aromatic heterocycles. The van der Waals surface area contributed by atoms with Gasteiger partial charge in [-0.15, -0.1) is 0 Å². The maximum atomic E-state index is 12.5. The van der Waals surface area contributed by atoms with Crippen molar-refractivity contribution in [2.75, 3.05) is 37.6 Å². The number of benzene rings is 1. The van der Waals surface area contributed by atoms with Gasteiger partial charge in [0, 0.05) is 26.2 Å². The van der Waals surface area contributed by atoms with Crippen LogP contribution in [0.15, 0.2) is 41.3 Å². The Morgan fingerprint density at radius 2 is 1.88 bits per heavy atom. The largest absolute Gasteiger partial charge is 0.340 e. The maximum absolute atomic E-state index is 12.5. The number of piperazine rings is 1. The van der Waals surface area contributed by atoms with Gasteiger partial charge in [-0.3, -0.25) is 14.7 Å². The van der Waals surface area contributed by atoms with Crippen molar-refractivity contribution >= 4 is 17.0 Å². The smallest absolute Gasteiger partial charge is 0.263 e. The van der Waals surface area contributed by atoms with Crippen LogP contribution in [0.1, 0.15) is 13.3 Å². The third kappa shape index (κ3) is 3.02. The first-order chi connectivity index (χ1) is 12.3. The van der Waals surface area contributed by atoms with Crippen LogP contribution in [-0.2, 0) is 0 Å². The molecule has 0 radical (unpaired) electrons. The molecule has 7 nitrogen and oxygen atoms in total. The minimum Gasteiger partial charge on any atom is -0.340 e. The van der Waals surface area contributed by atoms with Crippen LogP contribution in [0.3, 0.4) is 0 Å². The second-order valence-electron chi connectivity index (χ2n) is 6.35. The van der Waals surface area contributed by atoms with Gasteiger partial charge >= 0.3 is 0 Å². The SMILES string of the molecule is CCCN1CCN(c2nc3c(cnn3-c3ccccc3)c(=O)[nH]2)CC1. The molecule has 1 N–H and O–H groups in total. The molecule has 0 aliphatic carbocycles. The standard InChI is InChI=1S/C18H22N6O/c1-2-8-22-9-11-23(12-10-22)18-20-16-15(17(25)21-18)13-19-24(16)14-6-4-3-5-7-14/h3-7,13H,2,8-12H2,1H3,(H,20,21,25). The van der Waals surface area contributed by atoms with Gasteiger partial charge in [0.15, 0.2) is 5.65 Å². The van der Waals surface area contributed by atoms with E-state index in [2.05, 4.69) is 26.8 Å². The van der Waals surface area contributed by atoms with Gasteiger partial charge < -0.3 is 4.90 Å². The van der Waals surface area contributed by atoms with Crippen LogP contribution in [0.2, 0.25) is 0 Å². The minimum absolute atomic E-state index is 0.141. The zero-order valence-corrected chi connectivity index (χ0v) is 14.4. The van der Waals surface area contributed by atoms with E-state index < -0.39 is 0 Å². The van der Waals surface area contributed by atoms with E-state index in [0.29, 0.717) is 17.0 Å². The normalized spacial score (nSPS) is 15.8. The summed E-state index contributed by atoms with van der Waals surface area (Å²) in [5.41, 5.74) is 1.36. The molecule has 1 fully saturated rings. The quantitative estimate of drug-likeness (QED) is 0.783. The van der Waals surface area contributed by atoms with Crippen LogP contribution in [0, 0.1) is 0 Å². The highest BCUT2D eigenvalue weighted by molar-refractivity contribution is 5.76. The molecule has 0 spiro atoms. The summed E-state index contributed by atoms with van der Waals surface area (Å²) in [6, 6.07) is 9.77. The van der Waals surface area contributed by atoms with E-state index in [4.69, 9.17) is 4.98 Å². The molecular weight excluding hydrogens is 316 g/mol. The summed E-state index contributed by atoms with van der Waals surface area (Å²) in [6.45, 7) is 7.05. The zero-order valence-electron chi connectivity index (χ0n) is 14.4. The van der Waals surface area contributed by atoms with Crippen LogP contribution in [0.5, 0.6) is 0 Å². The molecule has 0 atom stereocenters. The highest BCUT2D eigenvalue weighted by atomic mass is 16.1. The second-order valence-corrected chi connectivity index (χ2v) is 6.35. The van der Waals surface area contributed by atoms with Gasteiger partial charge in [-0.1, -0.05) is 25.1 Å². The molecule has 1 aliphatic heterocycles. The zero-order chi connectivity index (χ0) is 17.2. The Balaban J connectivity index is 1.68. The first-order valence-corrected chi connectivity index (χ1v) is 8.77. The number of H-pyrrole nitrogens is 1. The van der Waals surface area contributed by atoms with Gasteiger partial charge in [0.05, 0.1) is 11.9 Å². The van der Waals surface area contributed by atoms with Crippen LogP contribution in [-0.4, -0.2) is 57.4 Å². The topological polar surface area (TPSA) is 70.1 Å². The molecule has 4 rings (SSSR count). The molecule has 25 heavy (non-hydrogen) atoms. The van der Waals surface area contributed by atoms with Crippen molar-refractivity contribution < 1.29 is 0 Å². The summed E-state index contributed by atoms with van der Waals surface area (Å²) in [5.74, 6) is 0.631. The number of hydrogen-bond acceptors (Lipinski definition) is 5. The van der Waals surface area contributed by atoms with Crippen molar-refractivity contribution in [2.45, 2.75) is 13.3 Å². The van der Waals surface area contributed by atoms with E-state index in [9.17, 15) is 4.79 Å². The number of para-hydroxylation sites is 1. The molecule has 0 unspecified atom stereocenters. The Morgan fingerprint density at radius 3 is 2.60 bits per heavy atom. The number of anilines is 1. The van der Waals surface area contributed by atoms with Crippen molar-refractivity contribution in [3.8, 4) is 5.69 Å². The van der Waals surface area contributed by atoms with E-state index in [1.807, 2.05) is 30.3 Å². The maximum Gasteiger partial charge on any atom is 0.263 e. The van der Waals surface area contributed by atoms with Gasteiger partial charge in [0.1, 0.15) is 5.39 Å². The van der Waals surface area contributed by atoms with Crippen molar-refractivity contribution in [3.05, 3.63) is 46.9 Å². The van der Waals surface area contributed by atoms with Crippen LogP contribution in [0.4, 0.5) is 5.95 Å². The lowest BCUT2D eigenvalue weighted by molar-refractivity contribution is 0.257. The molecule has 1 saturated heterocycles. The molecule has 7 heteroatoms. The number of rotatable bonds is 4. The molecule has 3 aromatic rings. The molecule has 130 valence electrons. The lowest BCUT2D eigenvalue weighted by Crippen LogP contribution is -2.47. The van der Waals surface area contributed by atoms with Gasteiger partial charge in [-0.25, -0.2) is 4.68 Å². The highest BCUT2D eigenvalue weighted by Crippen LogP contribution is 2.17. The average Bonchev–Trinajstić information content (AvgIpc) is 3.08. The Bertz CT molecular complexity index is 908. The van der Waals surface area contributed by atoms with Crippen LogP contribution < -0.4 is 10.5 Å². The Morgan fingerprint density at radius 1 is 1.12 bits per heavy atom. The number of hydrogen-bond donors (Lipinski definition) is 1. The van der Waals surface area contributed by atoms with E-state index >= 15 is 0 Å². The van der Waals surface area contributed by atoms with Gasteiger partial charge in [0.2, 0.25) is 5.95 Å². The van der Waals surface area contributed by atoms with Crippen molar-refractivity contribution in [2.24, 2.45) is 0 Å². The van der Waals surface area contributed by atoms with Crippen molar-refractivity contribution in [1.29, 1.82) is 0 Å². The third-order valence-corrected chi connectivity index (χ3v) is 4.64. The first kappa shape index (κ1) is 15.8. The Hall–Kier alpha value is -2.67. The van der Waals surface area contributed by atoms with E-state index in [0.717, 1.165) is 44.8 Å². The summed E-state index contributed by atoms with van der Waals surface area (Å²) in [5, 5.41) is 4.87. The number of aromatic amines is 1. The molecule has 3 heterocycles. The predicted molar refractivity (Wildman–Crippen MR) is 98.4 cm³/mol. The first-order valence-electron chi connectivity index (χ1n) is 8.77. The molecule has 1 aliphatic rings. The monoisotopic (exact) mass is 338 g/mol. The number of nitrogens with zero attached hydrogens (tertiary/aromatic N) is 5. The van der Waals surface area contributed by atoms with Gasteiger partial charge in [-0.2, -0.15) is 10.1 Å². The molecule has 1 aromatic carbocycles. The molecule has 0 bridgehead atoms. The summed E-state index contributed by atoms with van der Waals surface area (Å²) in [7, 11) is 0. The Labute approximate surface area is 145 Å². The number of nitrogens with one attached hydrogen (secondary N) is 1. The van der Waals surface area contributed by atoms with Crippen LogP contribution >= 0.6 is 0 Å². The molecule has 0 saturated carbocycles. The number of aromatic nitrogens is 4. The fourth-order valence-electron chi connectivity index (χ4n) is 3.31. The van der Waals surface area contributed by atoms with Gasteiger partial charge in [0.25, 0.3) is 5.56 Å². The number of fused-ring (bicyclic) bond motifs is 1. The fourth-order valence-corrected chi connectivity index (χ4v) is 3.31. The van der Waals surface area contributed by atoms with Gasteiger partial charge in [-0.05, 0) is 25.1 Å². The summed E-state index contributed by atoms with van der Waals surface area (Å²) >= 11 is 0. The molecule has 0 amide bonds. The third-order valence-electron chi connectivity index (χ3n) is 4.64.